The Morgan fingerprint density at radius 1 is 1.53 bits per heavy atom. The molecular formula is C13H15NO4S. The van der Waals surface area contributed by atoms with Gasteiger partial charge in [-0.25, -0.2) is 0 Å². The molecule has 0 saturated carbocycles. The molecule has 1 heterocycles. The molecule has 5 nitrogen and oxygen atoms in total. The van der Waals surface area contributed by atoms with Crippen LogP contribution in [0.15, 0.2) is 23.1 Å². The SMILES string of the molecule is COc1ccc2c(c1)CN(C(=O)COC=O)CCS2. The van der Waals surface area contributed by atoms with E-state index >= 15 is 0 Å². The Labute approximate surface area is 115 Å². The molecule has 0 bridgehead atoms. The number of hydrogen-bond donors (Lipinski definition) is 0. The first kappa shape index (κ1) is 13.7. The van der Waals surface area contributed by atoms with E-state index in [0.29, 0.717) is 19.6 Å². The summed E-state index contributed by atoms with van der Waals surface area (Å²) in [7, 11) is 1.62. The van der Waals surface area contributed by atoms with Crippen molar-refractivity contribution in [3.63, 3.8) is 0 Å². The van der Waals surface area contributed by atoms with E-state index < -0.39 is 0 Å². The summed E-state index contributed by atoms with van der Waals surface area (Å²) in [5, 5.41) is 0. The van der Waals surface area contributed by atoms with Gasteiger partial charge in [0.25, 0.3) is 12.4 Å². The van der Waals surface area contributed by atoms with Crippen molar-refractivity contribution < 1.29 is 19.1 Å². The molecule has 1 aliphatic rings. The van der Waals surface area contributed by atoms with Gasteiger partial charge in [-0.15, -0.1) is 11.8 Å². The van der Waals surface area contributed by atoms with Crippen molar-refractivity contribution in [2.24, 2.45) is 0 Å². The predicted molar refractivity (Wildman–Crippen MR) is 71.2 cm³/mol. The zero-order chi connectivity index (χ0) is 13.7. The molecule has 0 radical (unpaired) electrons. The largest absolute Gasteiger partial charge is 0.497 e. The fraction of sp³-hybridized carbons (Fsp3) is 0.385. The fourth-order valence-electron chi connectivity index (χ4n) is 1.91. The van der Waals surface area contributed by atoms with Gasteiger partial charge in [-0.1, -0.05) is 0 Å². The number of carbonyl (C=O) groups is 2. The Morgan fingerprint density at radius 3 is 3.11 bits per heavy atom. The summed E-state index contributed by atoms with van der Waals surface area (Å²) in [5.74, 6) is 1.42. The Hall–Kier alpha value is -1.69. The number of carbonyl (C=O) groups excluding carboxylic acids is 2. The minimum Gasteiger partial charge on any atom is -0.497 e. The van der Waals surface area contributed by atoms with Gasteiger partial charge in [0.05, 0.1) is 7.11 Å². The first-order valence-corrected chi connectivity index (χ1v) is 6.86. The molecule has 0 atom stereocenters. The zero-order valence-corrected chi connectivity index (χ0v) is 11.4. The molecule has 0 N–H and O–H groups in total. The number of ether oxygens (including phenoxy) is 2. The van der Waals surface area contributed by atoms with Crippen LogP contribution in [0.4, 0.5) is 0 Å². The van der Waals surface area contributed by atoms with Gasteiger partial charge in [-0.2, -0.15) is 0 Å². The van der Waals surface area contributed by atoms with Crippen molar-refractivity contribution in [3.8, 4) is 5.75 Å². The van der Waals surface area contributed by atoms with Crippen molar-refractivity contribution in [2.45, 2.75) is 11.4 Å². The molecule has 1 aromatic carbocycles. The van der Waals surface area contributed by atoms with E-state index in [1.165, 1.54) is 0 Å². The Morgan fingerprint density at radius 2 is 2.37 bits per heavy atom. The van der Waals surface area contributed by atoms with E-state index in [2.05, 4.69) is 4.74 Å². The van der Waals surface area contributed by atoms with Crippen LogP contribution in [0.3, 0.4) is 0 Å². The van der Waals surface area contributed by atoms with Gasteiger partial charge in [-0.05, 0) is 23.8 Å². The molecule has 1 amide bonds. The Balaban J connectivity index is 2.14. The number of hydrogen-bond acceptors (Lipinski definition) is 5. The second-order valence-corrected chi connectivity index (χ2v) is 5.18. The van der Waals surface area contributed by atoms with E-state index in [1.54, 1.807) is 23.8 Å². The van der Waals surface area contributed by atoms with Crippen LogP contribution >= 0.6 is 11.8 Å². The van der Waals surface area contributed by atoms with Crippen LogP contribution in [0.25, 0.3) is 0 Å². The average molecular weight is 281 g/mol. The maximum atomic E-state index is 11.9. The number of rotatable bonds is 4. The van der Waals surface area contributed by atoms with Crippen molar-refractivity contribution in [1.82, 2.24) is 4.90 Å². The highest BCUT2D eigenvalue weighted by Crippen LogP contribution is 2.30. The van der Waals surface area contributed by atoms with Crippen LogP contribution in [0.2, 0.25) is 0 Å². The van der Waals surface area contributed by atoms with Gasteiger partial charge >= 0.3 is 0 Å². The normalized spacial score (nSPS) is 14.3. The Bertz CT molecular complexity index is 478. The van der Waals surface area contributed by atoms with Gasteiger partial charge in [0, 0.05) is 23.7 Å². The lowest BCUT2D eigenvalue weighted by Crippen LogP contribution is -2.34. The number of thioether (sulfide) groups is 1. The van der Waals surface area contributed by atoms with E-state index in [-0.39, 0.29) is 12.5 Å². The lowest BCUT2D eigenvalue weighted by molar-refractivity contribution is -0.143. The number of benzene rings is 1. The minimum absolute atomic E-state index is 0.177. The lowest BCUT2D eigenvalue weighted by Gasteiger charge is -2.20. The monoisotopic (exact) mass is 281 g/mol. The summed E-state index contributed by atoms with van der Waals surface area (Å²) in [4.78, 5) is 24.9. The molecule has 0 aliphatic carbocycles. The summed E-state index contributed by atoms with van der Waals surface area (Å²) >= 11 is 1.71. The van der Waals surface area contributed by atoms with Crippen molar-refractivity contribution >= 4 is 24.1 Å². The van der Waals surface area contributed by atoms with Crippen molar-refractivity contribution in [1.29, 1.82) is 0 Å². The molecule has 1 aromatic rings. The molecule has 0 spiro atoms. The molecule has 0 unspecified atom stereocenters. The van der Waals surface area contributed by atoms with Crippen molar-refractivity contribution in [3.05, 3.63) is 23.8 Å². The highest BCUT2D eigenvalue weighted by Gasteiger charge is 2.20. The summed E-state index contributed by atoms with van der Waals surface area (Å²) in [6.45, 7) is 1.25. The third kappa shape index (κ3) is 3.41. The summed E-state index contributed by atoms with van der Waals surface area (Å²) < 4.78 is 9.72. The van der Waals surface area contributed by atoms with E-state index in [0.717, 1.165) is 22.0 Å². The maximum Gasteiger partial charge on any atom is 0.293 e. The van der Waals surface area contributed by atoms with E-state index in [1.807, 2.05) is 18.2 Å². The van der Waals surface area contributed by atoms with Crippen LogP contribution in [-0.4, -0.2) is 43.3 Å². The number of fused-ring (bicyclic) bond motifs is 1. The minimum atomic E-state index is -0.201. The van der Waals surface area contributed by atoms with Crippen LogP contribution in [0.1, 0.15) is 5.56 Å². The molecule has 1 aliphatic heterocycles. The number of nitrogens with zero attached hydrogens (tertiary/aromatic N) is 1. The standard InChI is InChI=1S/C13H15NO4S/c1-17-11-2-3-12-10(6-11)7-14(4-5-19-12)13(16)8-18-9-15/h2-3,6,9H,4-5,7-8H2,1H3. The topological polar surface area (TPSA) is 55.8 Å². The second kappa shape index (κ2) is 6.47. The van der Waals surface area contributed by atoms with E-state index in [9.17, 15) is 9.59 Å². The smallest absolute Gasteiger partial charge is 0.293 e. The summed E-state index contributed by atoms with van der Waals surface area (Å²) in [5.41, 5.74) is 1.06. The maximum absolute atomic E-state index is 11.9. The first-order chi connectivity index (χ1) is 9.24. The zero-order valence-electron chi connectivity index (χ0n) is 10.6. The summed E-state index contributed by atoms with van der Waals surface area (Å²) in [6, 6.07) is 5.86. The summed E-state index contributed by atoms with van der Waals surface area (Å²) in [6.07, 6.45) is 0. The van der Waals surface area contributed by atoms with Gasteiger partial charge in [0.2, 0.25) is 0 Å². The number of amides is 1. The molecular weight excluding hydrogens is 266 g/mol. The van der Waals surface area contributed by atoms with Gasteiger partial charge in [-0.3, -0.25) is 9.59 Å². The molecule has 6 heteroatoms. The molecule has 2 rings (SSSR count). The highest BCUT2D eigenvalue weighted by atomic mass is 32.2. The molecule has 0 fully saturated rings. The van der Waals surface area contributed by atoms with Crippen LogP contribution in [0, 0.1) is 0 Å². The third-order valence-corrected chi connectivity index (χ3v) is 3.97. The number of methoxy groups -OCH3 is 1. The molecule has 0 aromatic heterocycles. The van der Waals surface area contributed by atoms with E-state index in [4.69, 9.17) is 4.74 Å². The Kier molecular flexibility index (Phi) is 4.68. The van der Waals surface area contributed by atoms with Gasteiger partial charge < -0.3 is 14.4 Å². The van der Waals surface area contributed by atoms with Crippen molar-refractivity contribution in [2.75, 3.05) is 26.0 Å². The van der Waals surface area contributed by atoms with Gasteiger partial charge in [0.1, 0.15) is 5.75 Å². The van der Waals surface area contributed by atoms with Crippen LogP contribution < -0.4 is 4.74 Å². The highest BCUT2D eigenvalue weighted by molar-refractivity contribution is 7.99. The quantitative estimate of drug-likeness (QED) is 0.779. The third-order valence-electron chi connectivity index (χ3n) is 2.88. The predicted octanol–water partition coefficient (Wildman–Crippen LogP) is 1.30. The molecule has 0 saturated heterocycles. The van der Waals surface area contributed by atoms with Gasteiger partial charge in [0.15, 0.2) is 6.61 Å². The molecule has 19 heavy (non-hydrogen) atoms. The molecule has 102 valence electrons. The van der Waals surface area contributed by atoms with Crippen LogP contribution in [-0.2, 0) is 20.9 Å². The lowest BCUT2D eigenvalue weighted by atomic mass is 10.2. The fourth-order valence-corrected chi connectivity index (χ4v) is 2.91. The first-order valence-electron chi connectivity index (χ1n) is 5.87. The van der Waals surface area contributed by atoms with Crippen LogP contribution in [0.5, 0.6) is 5.75 Å². The average Bonchev–Trinajstić information content (AvgIpc) is 2.65. The second-order valence-electron chi connectivity index (χ2n) is 4.04.